The van der Waals surface area contributed by atoms with Gasteiger partial charge in [-0.05, 0) is 42.2 Å². The Balaban J connectivity index is 2.00. The van der Waals surface area contributed by atoms with Crippen molar-refractivity contribution in [2.75, 3.05) is 6.61 Å². The van der Waals surface area contributed by atoms with Gasteiger partial charge in [0, 0.05) is 6.61 Å². The van der Waals surface area contributed by atoms with E-state index in [1.807, 2.05) is 61.5 Å². The number of aliphatic hydroxyl groups is 1. The summed E-state index contributed by atoms with van der Waals surface area (Å²) in [6.07, 6.45) is 0.891. The zero-order valence-electron chi connectivity index (χ0n) is 10.5. The summed E-state index contributed by atoms with van der Waals surface area (Å²) in [5, 5.41) is 9.02. The average molecular weight is 242 g/mol. The van der Waals surface area contributed by atoms with Crippen molar-refractivity contribution in [2.24, 2.45) is 5.92 Å². The van der Waals surface area contributed by atoms with E-state index in [4.69, 9.17) is 9.84 Å². The lowest BCUT2D eigenvalue weighted by atomic mass is 10.0. The molecule has 0 saturated heterocycles. The minimum absolute atomic E-state index is 0.224. The van der Waals surface area contributed by atoms with E-state index >= 15 is 0 Å². The molecule has 0 radical (unpaired) electrons. The van der Waals surface area contributed by atoms with E-state index in [1.54, 1.807) is 0 Å². The van der Waals surface area contributed by atoms with E-state index in [2.05, 4.69) is 0 Å². The predicted molar refractivity (Wildman–Crippen MR) is 72.9 cm³/mol. The van der Waals surface area contributed by atoms with Crippen molar-refractivity contribution in [3.8, 4) is 11.5 Å². The van der Waals surface area contributed by atoms with Crippen molar-refractivity contribution >= 4 is 0 Å². The molecule has 2 aromatic carbocycles. The summed E-state index contributed by atoms with van der Waals surface area (Å²) in [7, 11) is 0. The first-order valence-electron chi connectivity index (χ1n) is 6.20. The van der Waals surface area contributed by atoms with E-state index < -0.39 is 0 Å². The number of ether oxygens (including phenoxy) is 1. The van der Waals surface area contributed by atoms with Crippen LogP contribution in [0.3, 0.4) is 0 Å². The molecule has 0 spiro atoms. The van der Waals surface area contributed by atoms with Crippen LogP contribution in [0.5, 0.6) is 11.5 Å². The number of hydrogen-bond acceptors (Lipinski definition) is 2. The summed E-state index contributed by atoms with van der Waals surface area (Å²) in [5.74, 6) is 1.97. The van der Waals surface area contributed by atoms with Gasteiger partial charge >= 0.3 is 0 Å². The van der Waals surface area contributed by atoms with Gasteiger partial charge in [-0.15, -0.1) is 0 Å². The predicted octanol–water partition coefficient (Wildman–Crippen LogP) is 3.65. The molecule has 94 valence electrons. The van der Waals surface area contributed by atoms with Crippen LogP contribution in [0, 0.1) is 5.92 Å². The first kappa shape index (κ1) is 12.7. The van der Waals surface area contributed by atoms with Gasteiger partial charge in [-0.3, -0.25) is 0 Å². The summed E-state index contributed by atoms with van der Waals surface area (Å²) in [5.41, 5.74) is 1.22. The van der Waals surface area contributed by atoms with E-state index in [0.717, 1.165) is 17.9 Å². The molecule has 0 aliphatic heterocycles. The normalized spacial score (nSPS) is 12.1. The fourth-order valence-corrected chi connectivity index (χ4v) is 1.79. The quantitative estimate of drug-likeness (QED) is 0.867. The maximum absolute atomic E-state index is 9.02. The first-order valence-corrected chi connectivity index (χ1v) is 6.20. The topological polar surface area (TPSA) is 29.5 Å². The number of rotatable bonds is 5. The number of hydrogen-bond donors (Lipinski definition) is 1. The number of para-hydroxylation sites is 1. The van der Waals surface area contributed by atoms with Crippen molar-refractivity contribution in [1.82, 2.24) is 0 Å². The van der Waals surface area contributed by atoms with E-state index in [1.165, 1.54) is 5.56 Å². The smallest absolute Gasteiger partial charge is 0.127 e. The van der Waals surface area contributed by atoms with Crippen molar-refractivity contribution in [1.29, 1.82) is 0 Å². The largest absolute Gasteiger partial charge is 0.457 e. The first-order chi connectivity index (χ1) is 8.78. The third kappa shape index (κ3) is 3.60. The third-order valence-corrected chi connectivity index (χ3v) is 2.80. The number of benzene rings is 2. The Morgan fingerprint density at radius 2 is 1.56 bits per heavy atom. The molecule has 0 amide bonds. The van der Waals surface area contributed by atoms with E-state index in [-0.39, 0.29) is 6.61 Å². The molecule has 0 aliphatic carbocycles. The minimum atomic E-state index is 0.224. The molecule has 0 fully saturated rings. The monoisotopic (exact) mass is 242 g/mol. The zero-order valence-corrected chi connectivity index (χ0v) is 10.5. The van der Waals surface area contributed by atoms with Crippen LogP contribution >= 0.6 is 0 Å². The SMILES string of the molecule is CC(CO)Cc1ccc(Oc2ccccc2)cc1. The summed E-state index contributed by atoms with van der Waals surface area (Å²) in [6, 6.07) is 17.8. The van der Waals surface area contributed by atoms with Crippen LogP contribution in [0.2, 0.25) is 0 Å². The molecule has 18 heavy (non-hydrogen) atoms. The second-order valence-corrected chi connectivity index (χ2v) is 4.55. The van der Waals surface area contributed by atoms with Gasteiger partial charge in [0.05, 0.1) is 0 Å². The summed E-state index contributed by atoms with van der Waals surface area (Å²) in [4.78, 5) is 0. The Morgan fingerprint density at radius 1 is 0.944 bits per heavy atom. The lowest BCUT2D eigenvalue weighted by Crippen LogP contribution is -2.04. The van der Waals surface area contributed by atoms with Crippen LogP contribution in [0.4, 0.5) is 0 Å². The highest BCUT2D eigenvalue weighted by Gasteiger charge is 2.02. The van der Waals surface area contributed by atoms with Crippen LogP contribution in [-0.2, 0) is 6.42 Å². The Kier molecular flexibility index (Phi) is 4.37. The van der Waals surface area contributed by atoms with Gasteiger partial charge in [0.1, 0.15) is 11.5 Å². The minimum Gasteiger partial charge on any atom is -0.457 e. The van der Waals surface area contributed by atoms with Crippen molar-refractivity contribution in [2.45, 2.75) is 13.3 Å². The van der Waals surface area contributed by atoms with Crippen LogP contribution < -0.4 is 4.74 Å². The molecule has 1 unspecified atom stereocenters. The molecule has 2 rings (SSSR count). The highest BCUT2D eigenvalue weighted by atomic mass is 16.5. The maximum Gasteiger partial charge on any atom is 0.127 e. The number of aliphatic hydroxyl groups excluding tert-OH is 1. The van der Waals surface area contributed by atoms with Gasteiger partial charge in [0.25, 0.3) is 0 Å². The van der Waals surface area contributed by atoms with Gasteiger partial charge in [-0.2, -0.15) is 0 Å². The molecule has 0 heterocycles. The van der Waals surface area contributed by atoms with Crippen LogP contribution in [-0.4, -0.2) is 11.7 Å². The van der Waals surface area contributed by atoms with Gasteiger partial charge in [-0.1, -0.05) is 37.3 Å². The Labute approximate surface area is 108 Å². The van der Waals surface area contributed by atoms with Gasteiger partial charge in [-0.25, -0.2) is 0 Å². The Hall–Kier alpha value is -1.80. The third-order valence-electron chi connectivity index (χ3n) is 2.80. The zero-order chi connectivity index (χ0) is 12.8. The fourth-order valence-electron chi connectivity index (χ4n) is 1.79. The average Bonchev–Trinajstić information content (AvgIpc) is 2.42. The summed E-state index contributed by atoms with van der Waals surface area (Å²) >= 11 is 0. The van der Waals surface area contributed by atoms with Gasteiger partial charge < -0.3 is 9.84 Å². The van der Waals surface area contributed by atoms with Crippen LogP contribution in [0.1, 0.15) is 12.5 Å². The Morgan fingerprint density at radius 3 is 2.17 bits per heavy atom. The van der Waals surface area contributed by atoms with Crippen LogP contribution in [0.25, 0.3) is 0 Å². The second kappa shape index (κ2) is 6.22. The highest BCUT2D eigenvalue weighted by Crippen LogP contribution is 2.21. The summed E-state index contributed by atoms with van der Waals surface area (Å²) < 4.78 is 5.72. The van der Waals surface area contributed by atoms with Crippen molar-refractivity contribution in [3.63, 3.8) is 0 Å². The standard InChI is InChI=1S/C16H18O2/c1-13(12-17)11-14-7-9-16(10-8-14)18-15-5-3-2-4-6-15/h2-10,13,17H,11-12H2,1H3. The molecule has 2 aromatic rings. The van der Waals surface area contributed by atoms with E-state index in [0.29, 0.717) is 5.92 Å². The lowest BCUT2D eigenvalue weighted by molar-refractivity contribution is 0.237. The van der Waals surface area contributed by atoms with Crippen molar-refractivity contribution < 1.29 is 9.84 Å². The lowest BCUT2D eigenvalue weighted by Gasteiger charge is -2.09. The van der Waals surface area contributed by atoms with Gasteiger partial charge in [0.15, 0.2) is 0 Å². The molecule has 1 atom stereocenters. The second-order valence-electron chi connectivity index (χ2n) is 4.55. The molecule has 0 aliphatic rings. The molecule has 2 nitrogen and oxygen atoms in total. The molecular formula is C16H18O2. The molecular weight excluding hydrogens is 224 g/mol. The molecule has 0 aromatic heterocycles. The summed E-state index contributed by atoms with van der Waals surface area (Å²) in [6.45, 7) is 2.26. The Bertz CT molecular complexity index is 462. The highest BCUT2D eigenvalue weighted by molar-refractivity contribution is 5.33. The van der Waals surface area contributed by atoms with Gasteiger partial charge in [0.2, 0.25) is 0 Å². The molecule has 2 heteroatoms. The fraction of sp³-hybridized carbons (Fsp3) is 0.250. The van der Waals surface area contributed by atoms with Crippen molar-refractivity contribution in [3.05, 3.63) is 60.2 Å². The molecule has 1 N–H and O–H groups in total. The van der Waals surface area contributed by atoms with Crippen LogP contribution in [0.15, 0.2) is 54.6 Å². The maximum atomic E-state index is 9.02. The van der Waals surface area contributed by atoms with E-state index in [9.17, 15) is 0 Å². The molecule has 0 saturated carbocycles. The molecule has 0 bridgehead atoms.